The number of nitrogens with one attached hydrogen (secondary N) is 1. The summed E-state index contributed by atoms with van der Waals surface area (Å²) in [6, 6.07) is 3.58. The Kier molecular flexibility index (Phi) is 4.41. The maximum absolute atomic E-state index is 10.6. The minimum atomic E-state index is -1.05. The summed E-state index contributed by atoms with van der Waals surface area (Å²) >= 11 is 1.94. The van der Waals surface area contributed by atoms with Gasteiger partial charge < -0.3 is 10.4 Å². The van der Waals surface area contributed by atoms with Gasteiger partial charge in [-0.25, -0.2) is 4.79 Å². The summed E-state index contributed by atoms with van der Waals surface area (Å²) in [5, 5.41) is 20.4. The lowest BCUT2D eigenvalue weighted by Crippen LogP contribution is -2.27. The molecule has 18 heavy (non-hydrogen) atoms. The second-order valence-electron chi connectivity index (χ2n) is 4.46. The first-order chi connectivity index (χ1) is 8.69. The van der Waals surface area contributed by atoms with Crippen LogP contribution in [0.4, 0.5) is 5.82 Å². The topological polar surface area (TPSA) is 75.1 Å². The molecule has 0 radical (unpaired) electrons. The molecule has 1 aliphatic carbocycles. The smallest absolute Gasteiger partial charge is 0.356 e. The van der Waals surface area contributed by atoms with Crippen LogP contribution in [0.3, 0.4) is 0 Å². The zero-order chi connectivity index (χ0) is 13.0. The minimum Gasteiger partial charge on any atom is -0.476 e. The number of carboxylic acid groups (broad SMARTS) is 1. The van der Waals surface area contributed by atoms with Crippen LogP contribution < -0.4 is 5.32 Å². The third-order valence-electron chi connectivity index (χ3n) is 3.24. The van der Waals surface area contributed by atoms with E-state index in [-0.39, 0.29) is 5.69 Å². The molecule has 0 spiro atoms. The van der Waals surface area contributed by atoms with Crippen LogP contribution in [-0.2, 0) is 0 Å². The van der Waals surface area contributed by atoms with E-state index in [1.807, 2.05) is 11.8 Å². The quantitative estimate of drug-likeness (QED) is 0.871. The summed E-state index contributed by atoms with van der Waals surface area (Å²) in [5.74, 6) is -0.387. The van der Waals surface area contributed by atoms with Crippen LogP contribution in [0.2, 0.25) is 0 Å². The van der Waals surface area contributed by atoms with Gasteiger partial charge in [0.2, 0.25) is 0 Å². The summed E-state index contributed by atoms with van der Waals surface area (Å²) in [5.41, 5.74) is -0.0216. The highest BCUT2D eigenvalue weighted by Crippen LogP contribution is 2.28. The molecule has 0 unspecified atom stereocenters. The van der Waals surface area contributed by atoms with Crippen LogP contribution in [0.5, 0.6) is 0 Å². The molecule has 0 atom stereocenters. The largest absolute Gasteiger partial charge is 0.476 e. The van der Waals surface area contributed by atoms with Gasteiger partial charge in [0.1, 0.15) is 5.82 Å². The number of carboxylic acids is 1. The van der Waals surface area contributed by atoms with Gasteiger partial charge in [0.25, 0.3) is 0 Å². The standard InChI is InChI=1S/C12H17N3O2S/c1-18-9-4-2-8(3-5-9)13-11-7-6-10(12(16)17)14-15-11/h6-9H,2-5H2,1H3,(H,13,15)(H,16,17). The monoisotopic (exact) mass is 267 g/mol. The molecule has 1 saturated carbocycles. The summed E-state index contributed by atoms with van der Waals surface area (Å²) in [6.45, 7) is 0. The van der Waals surface area contributed by atoms with E-state index >= 15 is 0 Å². The Hall–Kier alpha value is -1.30. The van der Waals surface area contributed by atoms with E-state index in [0.717, 1.165) is 18.1 Å². The average Bonchev–Trinajstić information content (AvgIpc) is 2.40. The Morgan fingerprint density at radius 1 is 1.33 bits per heavy atom. The van der Waals surface area contributed by atoms with Gasteiger partial charge in [-0.05, 0) is 44.1 Å². The van der Waals surface area contributed by atoms with E-state index in [0.29, 0.717) is 11.9 Å². The van der Waals surface area contributed by atoms with Crippen molar-refractivity contribution in [3.8, 4) is 0 Å². The second kappa shape index (κ2) is 6.04. The van der Waals surface area contributed by atoms with Gasteiger partial charge in [-0.2, -0.15) is 11.8 Å². The lowest BCUT2D eigenvalue weighted by atomic mass is 9.95. The summed E-state index contributed by atoms with van der Waals surface area (Å²) in [7, 11) is 0. The first kappa shape index (κ1) is 13.1. The van der Waals surface area contributed by atoms with E-state index < -0.39 is 5.97 Å². The first-order valence-electron chi connectivity index (χ1n) is 6.05. The number of aromatic carboxylic acids is 1. The molecule has 2 N–H and O–H groups in total. The molecule has 2 rings (SSSR count). The van der Waals surface area contributed by atoms with Crippen molar-refractivity contribution < 1.29 is 9.90 Å². The lowest BCUT2D eigenvalue weighted by Gasteiger charge is -2.28. The third-order valence-corrected chi connectivity index (χ3v) is 4.38. The Morgan fingerprint density at radius 3 is 2.56 bits per heavy atom. The van der Waals surface area contributed by atoms with Crippen molar-refractivity contribution in [1.29, 1.82) is 0 Å². The molecule has 1 heterocycles. The molecule has 6 heteroatoms. The maximum atomic E-state index is 10.6. The summed E-state index contributed by atoms with van der Waals surface area (Å²) in [4.78, 5) is 10.6. The highest BCUT2D eigenvalue weighted by Gasteiger charge is 2.20. The van der Waals surface area contributed by atoms with Crippen molar-refractivity contribution in [2.75, 3.05) is 11.6 Å². The lowest BCUT2D eigenvalue weighted by molar-refractivity contribution is 0.0689. The molecular weight excluding hydrogens is 250 g/mol. The molecule has 0 aliphatic heterocycles. The molecule has 1 aliphatic rings. The highest BCUT2D eigenvalue weighted by molar-refractivity contribution is 7.99. The van der Waals surface area contributed by atoms with Gasteiger partial charge in [-0.1, -0.05) is 0 Å². The van der Waals surface area contributed by atoms with Crippen LogP contribution in [0, 0.1) is 0 Å². The molecular formula is C12H17N3O2S. The number of thioether (sulfide) groups is 1. The van der Waals surface area contributed by atoms with Crippen LogP contribution in [0.25, 0.3) is 0 Å². The van der Waals surface area contributed by atoms with Gasteiger partial charge in [0.15, 0.2) is 5.69 Å². The fourth-order valence-corrected chi connectivity index (χ4v) is 2.92. The molecule has 0 saturated heterocycles. The van der Waals surface area contributed by atoms with Crippen molar-refractivity contribution >= 4 is 23.5 Å². The molecule has 1 aromatic rings. The second-order valence-corrected chi connectivity index (χ2v) is 5.60. The van der Waals surface area contributed by atoms with Crippen molar-refractivity contribution in [2.24, 2.45) is 0 Å². The predicted molar refractivity (Wildman–Crippen MR) is 72.2 cm³/mol. The van der Waals surface area contributed by atoms with E-state index in [4.69, 9.17) is 5.11 Å². The Labute approximate surface area is 110 Å². The normalized spacial score (nSPS) is 23.6. The van der Waals surface area contributed by atoms with Crippen LogP contribution in [0.1, 0.15) is 36.2 Å². The van der Waals surface area contributed by atoms with Gasteiger partial charge in [-0.3, -0.25) is 0 Å². The van der Waals surface area contributed by atoms with E-state index in [1.165, 1.54) is 18.9 Å². The van der Waals surface area contributed by atoms with E-state index in [9.17, 15) is 4.79 Å². The minimum absolute atomic E-state index is 0.0216. The molecule has 1 aromatic heterocycles. The van der Waals surface area contributed by atoms with Gasteiger partial charge in [0, 0.05) is 11.3 Å². The Bertz CT molecular complexity index is 402. The summed E-state index contributed by atoms with van der Waals surface area (Å²) < 4.78 is 0. The van der Waals surface area contributed by atoms with E-state index in [1.54, 1.807) is 6.07 Å². The zero-order valence-electron chi connectivity index (χ0n) is 10.3. The number of carbonyl (C=O) groups is 1. The predicted octanol–water partition coefficient (Wildman–Crippen LogP) is 2.26. The number of hydrogen-bond acceptors (Lipinski definition) is 5. The van der Waals surface area contributed by atoms with Crippen molar-refractivity contribution in [3.63, 3.8) is 0 Å². The third kappa shape index (κ3) is 3.35. The zero-order valence-corrected chi connectivity index (χ0v) is 11.1. The van der Waals surface area contributed by atoms with Crippen molar-refractivity contribution in [3.05, 3.63) is 17.8 Å². The Morgan fingerprint density at radius 2 is 2.06 bits per heavy atom. The molecule has 0 aromatic carbocycles. The van der Waals surface area contributed by atoms with Gasteiger partial charge in [0.05, 0.1) is 0 Å². The highest BCUT2D eigenvalue weighted by atomic mass is 32.2. The molecule has 1 fully saturated rings. The number of aromatic nitrogens is 2. The number of hydrogen-bond donors (Lipinski definition) is 2. The fraction of sp³-hybridized carbons (Fsp3) is 0.583. The molecule has 98 valence electrons. The number of nitrogens with zero attached hydrogens (tertiary/aromatic N) is 2. The summed E-state index contributed by atoms with van der Waals surface area (Å²) in [6.07, 6.45) is 6.87. The van der Waals surface area contributed by atoms with Crippen molar-refractivity contribution in [2.45, 2.75) is 37.0 Å². The van der Waals surface area contributed by atoms with Crippen molar-refractivity contribution in [1.82, 2.24) is 10.2 Å². The van der Waals surface area contributed by atoms with Gasteiger partial charge in [-0.15, -0.1) is 10.2 Å². The molecule has 0 bridgehead atoms. The van der Waals surface area contributed by atoms with Crippen LogP contribution in [-0.4, -0.2) is 38.8 Å². The van der Waals surface area contributed by atoms with Gasteiger partial charge >= 0.3 is 5.97 Å². The number of rotatable bonds is 4. The molecule has 0 amide bonds. The average molecular weight is 267 g/mol. The van der Waals surface area contributed by atoms with Crippen LogP contribution in [0.15, 0.2) is 12.1 Å². The van der Waals surface area contributed by atoms with E-state index in [2.05, 4.69) is 21.8 Å². The maximum Gasteiger partial charge on any atom is 0.356 e. The Balaban J connectivity index is 1.88. The fourth-order valence-electron chi connectivity index (χ4n) is 2.18. The number of anilines is 1. The molecule has 5 nitrogen and oxygen atoms in total. The van der Waals surface area contributed by atoms with Crippen LogP contribution >= 0.6 is 11.8 Å². The SMILES string of the molecule is CSC1CCC(Nc2ccc(C(=O)O)nn2)CC1. The first-order valence-corrected chi connectivity index (χ1v) is 7.34.